The molecule has 0 fully saturated rings. The molecule has 3 aromatic rings. The Kier molecular flexibility index (Phi) is 5.74. The molecule has 0 unspecified atom stereocenters. The Balaban J connectivity index is 1.88. The largest absolute Gasteiger partial charge is 0.497 e. The molecular weight excluding hydrogens is 356 g/mol. The Morgan fingerprint density at radius 3 is 2.50 bits per heavy atom. The molecule has 3 rings (SSSR count). The van der Waals surface area contributed by atoms with E-state index in [9.17, 15) is 4.79 Å². The van der Waals surface area contributed by atoms with Crippen LogP contribution in [-0.2, 0) is 0 Å². The van der Waals surface area contributed by atoms with E-state index in [0.717, 1.165) is 17.1 Å². The second kappa shape index (κ2) is 8.39. The van der Waals surface area contributed by atoms with Gasteiger partial charge in [-0.05, 0) is 38.1 Å². The zero-order valence-corrected chi connectivity index (χ0v) is 16.2. The third kappa shape index (κ3) is 4.56. The highest BCUT2D eigenvalue weighted by Crippen LogP contribution is 2.31. The van der Waals surface area contributed by atoms with Crippen LogP contribution in [0.15, 0.2) is 48.5 Å². The normalized spacial score (nSPS) is 10.3. The number of Topliss-reactive ketones (excluding diaryl/α,β-unsaturated/α-hetero) is 1. The number of methoxy groups -OCH3 is 2. The van der Waals surface area contributed by atoms with E-state index < -0.39 is 0 Å². The third-order valence-electron chi connectivity index (χ3n) is 4.05. The van der Waals surface area contributed by atoms with Gasteiger partial charge in [-0.2, -0.15) is 4.98 Å². The van der Waals surface area contributed by atoms with Crippen molar-refractivity contribution in [1.82, 2.24) is 9.97 Å². The first-order valence-electron chi connectivity index (χ1n) is 8.71. The van der Waals surface area contributed by atoms with Crippen molar-refractivity contribution in [2.45, 2.75) is 13.8 Å². The van der Waals surface area contributed by atoms with Crippen LogP contribution in [-0.4, -0.2) is 30.0 Å². The minimum absolute atomic E-state index is 0.00119. The average Bonchev–Trinajstić information content (AvgIpc) is 2.67. The first-order valence-corrected chi connectivity index (χ1v) is 8.71. The van der Waals surface area contributed by atoms with Gasteiger partial charge in [0, 0.05) is 29.1 Å². The lowest BCUT2D eigenvalue weighted by Crippen LogP contribution is -2.04. The van der Waals surface area contributed by atoms with Gasteiger partial charge in [-0.15, -0.1) is 0 Å². The molecule has 0 spiro atoms. The van der Waals surface area contributed by atoms with E-state index in [-0.39, 0.29) is 5.78 Å². The van der Waals surface area contributed by atoms with Crippen LogP contribution in [0.3, 0.4) is 0 Å². The maximum atomic E-state index is 11.6. The Bertz CT molecular complexity index is 1000. The van der Waals surface area contributed by atoms with Crippen molar-refractivity contribution < 1.29 is 14.3 Å². The van der Waals surface area contributed by atoms with E-state index in [4.69, 9.17) is 9.47 Å². The molecule has 7 nitrogen and oxygen atoms in total. The molecule has 0 amide bonds. The van der Waals surface area contributed by atoms with Crippen molar-refractivity contribution in [2.24, 2.45) is 0 Å². The van der Waals surface area contributed by atoms with Crippen molar-refractivity contribution in [3.05, 3.63) is 59.8 Å². The standard InChI is InChI=1S/C21H22N4O3/c1-13-10-20(24-18-12-17(27-3)8-9-19(18)28-4)25-21(22-13)23-16-7-5-6-15(11-16)14(2)26/h5-12H,1-4H3,(H2,22,23,24,25). The van der Waals surface area contributed by atoms with Gasteiger partial charge in [0.25, 0.3) is 0 Å². The summed E-state index contributed by atoms with van der Waals surface area (Å²) in [6.07, 6.45) is 0. The summed E-state index contributed by atoms with van der Waals surface area (Å²) in [5.74, 6) is 2.39. The van der Waals surface area contributed by atoms with Crippen molar-refractivity contribution >= 4 is 28.9 Å². The van der Waals surface area contributed by atoms with Crippen molar-refractivity contribution in [1.29, 1.82) is 0 Å². The monoisotopic (exact) mass is 378 g/mol. The predicted molar refractivity (Wildman–Crippen MR) is 109 cm³/mol. The zero-order valence-electron chi connectivity index (χ0n) is 16.2. The average molecular weight is 378 g/mol. The molecule has 7 heteroatoms. The fourth-order valence-electron chi connectivity index (χ4n) is 2.68. The number of ether oxygens (including phenoxy) is 2. The molecule has 2 aromatic carbocycles. The molecule has 0 aliphatic carbocycles. The molecule has 28 heavy (non-hydrogen) atoms. The molecule has 0 aliphatic rings. The van der Waals surface area contributed by atoms with E-state index in [2.05, 4.69) is 20.6 Å². The number of carbonyl (C=O) groups is 1. The van der Waals surface area contributed by atoms with Crippen LogP contribution >= 0.6 is 0 Å². The van der Waals surface area contributed by atoms with Crippen LogP contribution in [0.25, 0.3) is 0 Å². The van der Waals surface area contributed by atoms with Gasteiger partial charge in [0.05, 0.1) is 19.9 Å². The number of anilines is 4. The van der Waals surface area contributed by atoms with Crippen LogP contribution in [0.1, 0.15) is 23.0 Å². The number of nitrogens with zero attached hydrogens (tertiary/aromatic N) is 2. The van der Waals surface area contributed by atoms with E-state index in [0.29, 0.717) is 28.8 Å². The van der Waals surface area contributed by atoms with E-state index in [1.807, 2.05) is 43.3 Å². The Morgan fingerprint density at radius 1 is 0.964 bits per heavy atom. The van der Waals surface area contributed by atoms with Gasteiger partial charge in [-0.25, -0.2) is 4.98 Å². The fourth-order valence-corrected chi connectivity index (χ4v) is 2.68. The van der Waals surface area contributed by atoms with Gasteiger partial charge in [0.15, 0.2) is 5.78 Å². The van der Waals surface area contributed by atoms with Crippen molar-refractivity contribution in [3.8, 4) is 11.5 Å². The Labute approximate surface area is 163 Å². The lowest BCUT2D eigenvalue weighted by atomic mass is 10.1. The van der Waals surface area contributed by atoms with Gasteiger partial charge in [0.1, 0.15) is 17.3 Å². The Hall–Kier alpha value is -3.61. The van der Waals surface area contributed by atoms with Crippen LogP contribution < -0.4 is 20.1 Å². The summed E-state index contributed by atoms with van der Waals surface area (Å²) >= 11 is 0. The summed E-state index contributed by atoms with van der Waals surface area (Å²) in [4.78, 5) is 20.5. The molecule has 0 aliphatic heterocycles. The van der Waals surface area contributed by atoms with Crippen molar-refractivity contribution in [2.75, 3.05) is 24.9 Å². The Morgan fingerprint density at radius 2 is 1.79 bits per heavy atom. The molecule has 1 aromatic heterocycles. The first kappa shape index (κ1) is 19.2. The summed E-state index contributed by atoms with van der Waals surface area (Å²) in [6, 6.07) is 14.5. The number of nitrogens with one attached hydrogen (secondary N) is 2. The summed E-state index contributed by atoms with van der Waals surface area (Å²) in [5, 5.41) is 6.39. The predicted octanol–water partition coefficient (Wildman–Crippen LogP) is 4.49. The van der Waals surface area contributed by atoms with Gasteiger partial charge >= 0.3 is 0 Å². The van der Waals surface area contributed by atoms with Gasteiger partial charge in [-0.3, -0.25) is 4.79 Å². The van der Waals surface area contributed by atoms with Crippen LogP contribution in [0.2, 0.25) is 0 Å². The minimum Gasteiger partial charge on any atom is -0.497 e. The summed E-state index contributed by atoms with van der Waals surface area (Å²) in [6.45, 7) is 3.42. The highest BCUT2D eigenvalue weighted by atomic mass is 16.5. The second-order valence-corrected chi connectivity index (χ2v) is 6.17. The smallest absolute Gasteiger partial charge is 0.229 e. The SMILES string of the molecule is COc1ccc(OC)c(Nc2cc(C)nc(Nc3cccc(C(C)=O)c3)n2)c1. The number of carbonyl (C=O) groups excluding carboxylic acids is 1. The summed E-state index contributed by atoms with van der Waals surface area (Å²) in [7, 11) is 3.21. The zero-order chi connectivity index (χ0) is 20.1. The number of ketones is 1. The van der Waals surface area contributed by atoms with Gasteiger partial charge < -0.3 is 20.1 Å². The van der Waals surface area contributed by atoms with E-state index in [1.54, 1.807) is 26.4 Å². The van der Waals surface area contributed by atoms with Crippen LogP contribution in [0.4, 0.5) is 23.1 Å². The van der Waals surface area contributed by atoms with Gasteiger partial charge in [-0.1, -0.05) is 12.1 Å². The molecule has 1 heterocycles. The lowest BCUT2D eigenvalue weighted by Gasteiger charge is -2.14. The highest BCUT2D eigenvalue weighted by Gasteiger charge is 2.09. The summed E-state index contributed by atoms with van der Waals surface area (Å²) < 4.78 is 10.7. The first-order chi connectivity index (χ1) is 13.5. The maximum absolute atomic E-state index is 11.6. The molecule has 0 radical (unpaired) electrons. The molecule has 0 bridgehead atoms. The quantitative estimate of drug-likeness (QED) is 0.586. The molecule has 0 saturated heterocycles. The van der Waals surface area contributed by atoms with Crippen molar-refractivity contribution in [3.63, 3.8) is 0 Å². The number of hydrogen-bond donors (Lipinski definition) is 2. The molecule has 0 atom stereocenters. The third-order valence-corrected chi connectivity index (χ3v) is 4.05. The second-order valence-electron chi connectivity index (χ2n) is 6.17. The lowest BCUT2D eigenvalue weighted by molar-refractivity contribution is 0.101. The summed E-state index contributed by atoms with van der Waals surface area (Å²) in [5.41, 5.74) is 2.87. The van der Waals surface area contributed by atoms with Gasteiger partial charge in [0.2, 0.25) is 5.95 Å². The number of benzene rings is 2. The van der Waals surface area contributed by atoms with E-state index >= 15 is 0 Å². The van der Waals surface area contributed by atoms with E-state index in [1.165, 1.54) is 6.92 Å². The number of aryl methyl sites for hydroxylation is 1. The number of rotatable bonds is 7. The topological polar surface area (TPSA) is 85.4 Å². The minimum atomic E-state index is 0.00119. The van der Waals surface area contributed by atoms with Crippen LogP contribution in [0, 0.1) is 6.92 Å². The number of aromatic nitrogens is 2. The molecule has 2 N–H and O–H groups in total. The molecular formula is C21H22N4O3. The number of hydrogen-bond acceptors (Lipinski definition) is 7. The maximum Gasteiger partial charge on any atom is 0.229 e. The molecule has 144 valence electrons. The fraction of sp³-hybridized carbons (Fsp3) is 0.190. The van der Waals surface area contributed by atoms with Crippen LogP contribution in [0.5, 0.6) is 11.5 Å². The highest BCUT2D eigenvalue weighted by molar-refractivity contribution is 5.95. The molecule has 0 saturated carbocycles.